The topological polar surface area (TPSA) is 29.3 Å². The molecule has 1 rings (SSSR count). The molecule has 12 heavy (non-hydrogen) atoms. The summed E-state index contributed by atoms with van der Waals surface area (Å²) in [5, 5.41) is 0. The third-order valence-electron chi connectivity index (χ3n) is 2.98. The highest BCUT2D eigenvalue weighted by Gasteiger charge is 2.33. The average molecular weight is 188 g/mol. The van der Waals surface area contributed by atoms with Crippen LogP contribution in [-0.2, 0) is 0 Å². The average Bonchev–Trinajstić information content (AvgIpc) is 2.06. The number of nitrogens with two attached hydrogens (primary N) is 1. The second kappa shape index (κ2) is 4.49. The Morgan fingerprint density at radius 2 is 1.92 bits per heavy atom. The van der Waals surface area contributed by atoms with Gasteiger partial charge >= 0.3 is 0 Å². The molecular formula is C9H20N2S. The Morgan fingerprint density at radius 3 is 2.33 bits per heavy atom. The zero-order chi connectivity index (χ0) is 9.03. The van der Waals surface area contributed by atoms with Gasteiger partial charge in [-0.15, -0.1) is 0 Å². The van der Waals surface area contributed by atoms with Gasteiger partial charge < -0.3 is 10.6 Å². The molecule has 0 spiro atoms. The molecule has 2 nitrogen and oxygen atoms in total. The van der Waals surface area contributed by atoms with E-state index < -0.39 is 0 Å². The van der Waals surface area contributed by atoms with Crippen LogP contribution in [0.25, 0.3) is 0 Å². The lowest BCUT2D eigenvalue weighted by Crippen LogP contribution is -2.48. The quantitative estimate of drug-likeness (QED) is 0.721. The van der Waals surface area contributed by atoms with E-state index >= 15 is 0 Å². The minimum atomic E-state index is 0.417. The minimum Gasteiger partial charge on any atom is -0.330 e. The molecule has 1 aliphatic rings. The van der Waals surface area contributed by atoms with Gasteiger partial charge in [0.25, 0.3) is 0 Å². The molecule has 1 heterocycles. The van der Waals surface area contributed by atoms with E-state index in [-0.39, 0.29) is 0 Å². The zero-order valence-corrected chi connectivity index (χ0v) is 8.99. The molecule has 0 unspecified atom stereocenters. The normalized spacial score (nSPS) is 23.0. The van der Waals surface area contributed by atoms with Gasteiger partial charge in [-0.3, -0.25) is 0 Å². The van der Waals surface area contributed by atoms with Gasteiger partial charge in [0, 0.05) is 5.54 Å². The molecule has 2 N–H and O–H groups in total. The second-order valence-corrected chi connectivity index (χ2v) is 4.99. The van der Waals surface area contributed by atoms with Crippen LogP contribution in [0, 0.1) is 0 Å². The van der Waals surface area contributed by atoms with Crippen molar-refractivity contribution in [2.24, 2.45) is 5.73 Å². The van der Waals surface area contributed by atoms with Crippen LogP contribution in [0.2, 0.25) is 0 Å². The maximum Gasteiger partial charge on any atom is 0.0231 e. The van der Waals surface area contributed by atoms with Crippen LogP contribution < -0.4 is 5.73 Å². The van der Waals surface area contributed by atoms with Crippen molar-refractivity contribution in [2.45, 2.75) is 24.8 Å². The Hall–Kier alpha value is 0.270. The fraction of sp³-hybridized carbons (Fsp3) is 1.00. The summed E-state index contributed by atoms with van der Waals surface area (Å²) in [4.78, 5) is 2.37. The summed E-state index contributed by atoms with van der Waals surface area (Å²) >= 11 is 2.07. The van der Waals surface area contributed by atoms with Gasteiger partial charge in [0.05, 0.1) is 0 Å². The first-order chi connectivity index (χ1) is 5.71. The van der Waals surface area contributed by atoms with E-state index in [9.17, 15) is 0 Å². The highest BCUT2D eigenvalue weighted by molar-refractivity contribution is 7.99. The molecule has 1 aliphatic heterocycles. The summed E-state index contributed by atoms with van der Waals surface area (Å²) in [5.74, 6) is 2.61. The summed E-state index contributed by atoms with van der Waals surface area (Å²) in [7, 11) is 4.37. The molecule has 72 valence electrons. The monoisotopic (exact) mass is 188 g/mol. The molecule has 0 radical (unpaired) electrons. The van der Waals surface area contributed by atoms with Crippen LogP contribution >= 0.6 is 11.8 Å². The van der Waals surface area contributed by atoms with E-state index in [2.05, 4.69) is 30.8 Å². The summed E-state index contributed by atoms with van der Waals surface area (Å²) in [6.45, 7) is 0.822. The summed E-state index contributed by atoms with van der Waals surface area (Å²) < 4.78 is 0. The maximum atomic E-state index is 5.65. The first-order valence-electron chi connectivity index (χ1n) is 4.66. The Morgan fingerprint density at radius 1 is 1.33 bits per heavy atom. The van der Waals surface area contributed by atoms with E-state index in [0.29, 0.717) is 5.54 Å². The molecule has 0 saturated carbocycles. The smallest absolute Gasteiger partial charge is 0.0231 e. The predicted molar refractivity (Wildman–Crippen MR) is 56.6 cm³/mol. The van der Waals surface area contributed by atoms with Crippen molar-refractivity contribution in [1.29, 1.82) is 0 Å². The van der Waals surface area contributed by atoms with Crippen molar-refractivity contribution in [3.05, 3.63) is 0 Å². The van der Waals surface area contributed by atoms with Crippen molar-refractivity contribution in [3.8, 4) is 0 Å². The first kappa shape index (κ1) is 10.4. The van der Waals surface area contributed by atoms with E-state index in [4.69, 9.17) is 5.73 Å². The number of nitrogens with zero attached hydrogens (tertiary/aromatic N) is 1. The Kier molecular flexibility index (Phi) is 3.87. The lowest BCUT2D eigenvalue weighted by atomic mass is 9.87. The summed E-state index contributed by atoms with van der Waals surface area (Å²) in [6.07, 6.45) is 3.77. The summed E-state index contributed by atoms with van der Waals surface area (Å²) in [5.41, 5.74) is 6.07. The van der Waals surface area contributed by atoms with Crippen LogP contribution in [0.3, 0.4) is 0 Å². The minimum absolute atomic E-state index is 0.417. The highest BCUT2D eigenvalue weighted by atomic mass is 32.2. The first-order valence-corrected chi connectivity index (χ1v) is 5.82. The maximum absolute atomic E-state index is 5.65. The van der Waals surface area contributed by atoms with Crippen LogP contribution in [0.4, 0.5) is 0 Å². The van der Waals surface area contributed by atoms with Crippen molar-refractivity contribution in [1.82, 2.24) is 4.90 Å². The fourth-order valence-corrected chi connectivity index (χ4v) is 3.19. The van der Waals surface area contributed by atoms with Gasteiger partial charge in [0.2, 0.25) is 0 Å². The van der Waals surface area contributed by atoms with Crippen LogP contribution in [0.5, 0.6) is 0 Å². The van der Waals surface area contributed by atoms with Gasteiger partial charge in [-0.25, -0.2) is 0 Å². The molecule has 0 aromatic carbocycles. The Bertz CT molecular complexity index is 125. The van der Waals surface area contributed by atoms with Gasteiger partial charge in [-0.2, -0.15) is 11.8 Å². The van der Waals surface area contributed by atoms with E-state index in [1.807, 2.05) is 0 Å². The molecule has 0 bridgehead atoms. The van der Waals surface area contributed by atoms with Gasteiger partial charge in [-0.1, -0.05) is 0 Å². The molecule has 0 aromatic rings. The standard InChI is InChI=1S/C9H20N2S/c1-11(2)9(3-6-10)4-7-12-8-5-9/h3-8,10H2,1-2H3. The predicted octanol–water partition coefficient (Wildman–Crippen LogP) is 1.16. The second-order valence-electron chi connectivity index (χ2n) is 3.77. The SMILES string of the molecule is CN(C)C1(CCN)CCSCC1. The van der Waals surface area contributed by atoms with Crippen molar-refractivity contribution in [3.63, 3.8) is 0 Å². The third kappa shape index (κ3) is 2.15. The lowest BCUT2D eigenvalue weighted by molar-refractivity contribution is 0.130. The Labute approximate surface area is 79.9 Å². The molecule has 0 aromatic heterocycles. The molecule has 0 amide bonds. The number of thioether (sulfide) groups is 1. The fourth-order valence-electron chi connectivity index (χ4n) is 1.94. The van der Waals surface area contributed by atoms with Crippen molar-refractivity contribution < 1.29 is 0 Å². The van der Waals surface area contributed by atoms with Crippen LogP contribution in [0.1, 0.15) is 19.3 Å². The molecule has 0 aliphatic carbocycles. The Balaban J connectivity index is 2.56. The van der Waals surface area contributed by atoms with Crippen molar-refractivity contribution >= 4 is 11.8 Å². The molecular weight excluding hydrogens is 168 g/mol. The van der Waals surface area contributed by atoms with Crippen LogP contribution in [-0.4, -0.2) is 42.6 Å². The van der Waals surface area contributed by atoms with Gasteiger partial charge in [0.15, 0.2) is 0 Å². The van der Waals surface area contributed by atoms with Crippen molar-refractivity contribution in [2.75, 3.05) is 32.1 Å². The number of hydrogen-bond acceptors (Lipinski definition) is 3. The molecule has 3 heteroatoms. The van der Waals surface area contributed by atoms with E-state index in [0.717, 1.165) is 13.0 Å². The number of hydrogen-bond donors (Lipinski definition) is 1. The molecule has 1 fully saturated rings. The van der Waals surface area contributed by atoms with Crippen LogP contribution in [0.15, 0.2) is 0 Å². The molecule has 1 saturated heterocycles. The lowest BCUT2D eigenvalue weighted by Gasteiger charge is -2.42. The largest absolute Gasteiger partial charge is 0.330 e. The van der Waals surface area contributed by atoms with E-state index in [1.165, 1.54) is 24.3 Å². The zero-order valence-electron chi connectivity index (χ0n) is 8.18. The number of rotatable bonds is 3. The highest BCUT2D eigenvalue weighted by Crippen LogP contribution is 2.33. The third-order valence-corrected chi connectivity index (χ3v) is 3.97. The summed E-state index contributed by atoms with van der Waals surface area (Å²) in [6, 6.07) is 0. The van der Waals surface area contributed by atoms with Gasteiger partial charge in [-0.05, 0) is 51.4 Å². The molecule has 0 atom stereocenters. The van der Waals surface area contributed by atoms with Gasteiger partial charge in [0.1, 0.15) is 0 Å². The van der Waals surface area contributed by atoms with E-state index in [1.54, 1.807) is 0 Å².